The maximum absolute atomic E-state index is 5.06. The largest absolute Gasteiger partial charge is 0.351 e. The lowest BCUT2D eigenvalue weighted by Crippen LogP contribution is -2.43. The molecule has 0 saturated carbocycles. The van der Waals surface area contributed by atoms with Crippen molar-refractivity contribution < 1.29 is 0 Å². The van der Waals surface area contributed by atoms with Gasteiger partial charge in [0, 0.05) is 42.9 Å². The first-order chi connectivity index (χ1) is 16.3. The molecule has 1 spiro atoms. The predicted molar refractivity (Wildman–Crippen MR) is 133 cm³/mol. The van der Waals surface area contributed by atoms with Crippen LogP contribution in [0.1, 0.15) is 42.4 Å². The van der Waals surface area contributed by atoms with Crippen LogP contribution in [0.2, 0.25) is 0 Å². The lowest BCUT2D eigenvalue weighted by molar-refractivity contribution is 0.211. The number of nitrogens with zero attached hydrogens (tertiary/aromatic N) is 3. The van der Waals surface area contributed by atoms with E-state index in [2.05, 4.69) is 76.3 Å². The number of likely N-dealkylation sites (tertiary alicyclic amines) is 1. The molecule has 0 amide bonds. The zero-order chi connectivity index (χ0) is 22.1. The Morgan fingerprint density at radius 1 is 0.970 bits per heavy atom. The van der Waals surface area contributed by atoms with Crippen molar-refractivity contribution in [2.75, 3.05) is 31.5 Å². The van der Waals surface area contributed by atoms with Crippen molar-refractivity contribution in [2.45, 2.75) is 50.1 Å². The Morgan fingerprint density at radius 3 is 2.55 bits per heavy atom. The second-order valence-electron chi connectivity index (χ2n) is 10.0. The number of anilines is 1. The van der Waals surface area contributed by atoms with Crippen LogP contribution in [0.25, 0.3) is 11.3 Å². The van der Waals surface area contributed by atoms with Crippen LogP contribution in [0, 0.1) is 0 Å². The Bertz CT molecular complexity index is 1100. The molecule has 0 unspecified atom stereocenters. The van der Waals surface area contributed by atoms with E-state index < -0.39 is 0 Å². The topological polar surface area (TPSA) is 53.1 Å². The number of hydrogen-bond acceptors (Lipinski definition) is 5. The molecule has 0 radical (unpaired) electrons. The minimum absolute atomic E-state index is 0.235. The average molecular weight is 440 g/mol. The smallest absolute Gasteiger partial charge is 0.223 e. The Hall–Kier alpha value is -2.76. The number of benzene rings is 2. The molecule has 3 heterocycles. The van der Waals surface area contributed by atoms with E-state index in [0.29, 0.717) is 6.04 Å². The summed E-state index contributed by atoms with van der Waals surface area (Å²) in [4.78, 5) is 12.4. The second-order valence-corrected chi connectivity index (χ2v) is 10.0. The molecule has 0 bridgehead atoms. The molecule has 2 aromatic carbocycles. The van der Waals surface area contributed by atoms with Crippen molar-refractivity contribution in [3.63, 3.8) is 0 Å². The van der Waals surface area contributed by atoms with Gasteiger partial charge in [-0.2, -0.15) is 0 Å². The number of hydrogen-bond donors (Lipinski definition) is 2. The Labute approximate surface area is 196 Å². The molecule has 2 fully saturated rings. The van der Waals surface area contributed by atoms with Crippen LogP contribution in [-0.4, -0.2) is 47.1 Å². The number of aromatic nitrogens is 2. The highest BCUT2D eigenvalue weighted by Gasteiger charge is 2.40. The van der Waals surface area contributed by atoms with Gasteiger partial charge in [0.1, 0.15) is 0 Å². The van der Waals surface area contributed by atoms with Gasteiger partial charge in [-0.25, -0.2) is 9.97 Å². The van der Waals surface area contributed by atoms with Crippen molar-refractivity contribution in [1.29, 1.82) is 0 Å². The molecule has 33 heavy (non-hydrogen) atoms. The monoisotopic (exact) mass is 439 g/mol. The maximum atomic E-state index is 5.06. The van der Waals surface area contributed by atoms with Gasteiger partial charge in [0.2, 0.25) is 5.95 Å². The molecule has 5 nitrogen and oxygen atoms in total. The Morgan fingerprint density at radius 2 is 1.73 bits per heavy atom. The van der Waals surface area contributed by atoms with E-state index in [1.165, 1.54) is 35.1 Å². The fourth-order valence-electron chi connectivity index (χ4n) is 6.06. The quantitative estimate of drug-likeness (QED) is 0.631. The molecule has 3 aliphatic rings. The third-order valence-electron chi connectivity index (χ3n) is 7.88. The molecule has 0 atom stereocenters. The molecule has 1 aliphatic carbocycles. The summed E-state index contributed by atoms with van der Waals surface area (Å²) in [6, 6.07) is 20.2. The fourth-order valence-corrected chi connectivity index (χ4v) is 6.06. The standard InChI is InChI=1S/C28H33N5/c1-2-6-21(7-3-1)20-33-16-10-23(11-17-33)31-27-30-19-22-18-28(12-14-29-15-13-28)25-9-5-4-8-24(25)26(22)32-27/h1-9,19,23,29H,10-18,20H2,(H,30,31,32). The molecule has 170 valence electrons. The van der Waals surface area contributed by atoms with Crippen molar-refractivity contribution in [3.05, 3.63) is 77.5 Å². The van der Waals surface area contributed by atoms with Crippen molar-refractivity contribution >= 4 is 5.95 Å². The summed E-state index contributed by atoms with van der Waals surface area (Å²) in [5.41, 5.74) is 6.86. The highest BCUT2D eigenvalue weighted by atomic mass is 15.2. The van der Waals surface area contributed by atoms with Crippen LogP contribution in [0.5, 0.6) is 0 Å². The summed E-state index contributed by atoms with van der Waals surface area (Å²) in [7, 11) is 0. The Kier molecular flexibility index (Phi) is 5.60. The second kappa shape index (κ2) is 8.88. The number of piperidine rings is 2. The van der Waals surface area contributed by atoms with Crippen molar-refractivity contribution in [3.8, 4) is 11.3 Å². The van der Waals surface area contributed by atoms with Crippen molar-refractivity contribution in [2.24, 2.45) is 0 Å². The first kappa shape index (κ1) is 20.8. The summed E-state index contributed by atoms with van der Waals surface area (Å²) in [6.45, 7) is 5.44. The minimum Gasteiger partial charge on any atom is -0.351 e. The summed E-state index contributed by atoms with van der Waals surface area (Å²) < 4.78 is 0. The van der Waals surface area contributed by atoms with Gasteiger partial charge in [0.05, 0.1) is 5.69 Å². The third-order valence-corrected chi connectivity index (χ3v) is 7.88. The van der Waals surface area contributed by atoms with Gasteiger partial charge in [-0.3, -0.25) is 4.90 Å². The van der Waals surface area contributed by atoms with Crippen LogP contribution in [-0.2, 0) is 18.4 Å². The summed E-state index contributed by atoms with van der Waals surface area (Å²) in [5.74, 6) is 0.784. The van der Waals surface area contributed by atoms with Crippen LogP contribution >= 0.6 is 0 Å². The highest BCUT2D eigenvalue weighted by molar-refractivity contribution is 5.72. The van der Waals surface area contributed by atoms with E-state index in [0.717, 1.165) is 63.6 Å². The van der Waals surface area contributed by atoms with Gasteiger partial charge in [0.15, 0.2) is 0 Å². The summed E-state index contributed by atoms with van der Waals surface area (Å²) >= 11 is 0. The predicted octanol–water partition coefficient (Wildman–Crippen LogP) is 4.40. The van der Waals surface area contributed by atoms with E-state index in [1.54, 1.807) is 0 Å². The minimum atomic E-state index is 0.235. The van der Waals surface area contributed by atoms with E-state index in [4.69, 9.17) is 9.97 Å². The van der Waals surface area contributed by atoms with E-state index in [1.807, 2.05) is 0 Å². The number of rotatable bonds is 4. The van der Waals surface area contributed by atoms with E-state index in [-0.39, 0.29) is 5.41 Å². The molecule has 2 saturated heterocycles. The normalized spacial score (nSPS) is 20.2. The van der Waals surface area contributed by atoms with Gasteiger partial charge < -0.3 is 10.6 Å². The van der Waals surface area contributed by atoms with Gasteiger partial charge in [-0.1, -0.05) is 54.6 Å². The van der Waals surface area contributed by atoms with Gasteiger partial charge in [0.25, 0.3) is 0 Å². The lowest BCUT2D eigenvalue weighted by atomic mass is 9.64. The zero-order valence-corrected chi connectivity index (χ0v) is 19.3. The van der Waals surface area contributed by atoms with Gasteiger partial charge in [-0.05, 0) is 61.9 Å². The molecular weight excluding hydrogens is 406 g/mol. The third kappa shape index (κ3) is 4.16. The zero-order valence-electron chi connectivity index (χ0n) is 19.3. The Balaban J connectivity index is 1.16. The average Bonchev–Trinajstić information content (AvgIpc) is 2.87. The van der Waals surface area contributed by atoms with Crippen LogP contribution in [0.3, 0.4) is 0 Å². The maximum Gasteiger partial charge on any atom is 0.223 e. The van der Waals surface area contributed by atoms with Crippen LogP contribution in [0.4, 0.5) is 5.95 Å². The van der Waals surface area contributed by atoms with Crippen LogP contribution < -0.4 is 10.6 Å². The lowest BCUT2D eigenvalue weighted by Gasteiger charge is -2.42. The highest BCUT2D eigenvalue weighted by Crippen LogP contribution is 2.47. The van der Waals surface area contributed by atoms with E-state index >= 15 is 0 Å². The van der Waals surface area contributed by atoms with Crippen molar-refractivity contribution in [1.82, 2.24) is 20.2 Å². The fraction of sp³-hybridized carbons (Fsp3) is 0.429. The molecule has 5 heteroatoms. The van der Waals surface area contributed by atoms with Gasteiger partial charge >= 0.3 is 0 Å². The summed E-state index contributed by atoms with van der Waals surface area (Å²) in [5, 5.41) is 7.20. The molecule has 3 aromatic rings. The molecule has 2 aliphatic heterocycles. The SMILES string of the molecule is c1ccc(CN2CCC(Nc3ncc4c(n3)-c3ccccc3C3(CCNCC3)C4)CC2)cc1. The molecule has 6 rings (SSSR count). The molecule has 2 N–H and O–H groups in total. The first-order valence-corrected chi connectivity index (χ1v) is 12.5. The van der Waals surface area contributed by atoms with E-state index in [9.17, 15) is 0 Å². The summed E-state index contributed by atoms with van der Waals surface area (Å²) in [6.07, 6.45) is 7.77. The first-order valence-electron chi connectivity index (χ1n) is 12.5. The van der Waals surface area contributed by atoms with Gasteiger partial charge in [-0.15, -0.1) is 0 Å². The van der Waals surface area contributed by atoms with Crippen LogP contribution in [0.15, 0.2) is 60.8 Å². The number of fused-ring (bicyclic) bond motifs is 4. The number of nitrogens with one attached hydrogen (secondary N) is 2. The molecule has 1 aromatic heterocycles. The molecular formula is C28H33N5.